The van der Waals surface area contributed by atoms with Crippen LogP contribution in [0.4, 0.5) is 0 Å². The van der Waals surface area contributed by atoms with Gasteiger partial charge in [0.25, 0.3) is 0 Å². The molecular formula is C22H21B2ClN2O6. The third-order valence-corrected chi connectivity index (χ3v) is 5.76. The average molecular weight is 466 g/mol. The molecule has 0 atom stereocenters. The maximum absolute atomic E-state index is 9.27. The van der Waals surface area contributed by atoms with Gasteiger partial charge in [-0.2, -0.15) is 0 Å². The molecule has 2 aromatic heterocycles. The van der Waals surface area contributed by atoms with E-state index in [1.165, 1.54) is 0 Å². The number of benzene rings is 2. The summed E-state index contributed by atoms with van der Waals surface area (Å²) in [6.45, 7) is 1.32. The second-order valence-corrected chi connectivity index (χ2v) is 7.64. The Morgan fingerprint density at radius 3 is 1.45 bits per heavy atom. The second-order valence-electron chi connectivity index (χ2n) is 7.64. The van der Waals surface area contributed by atoms with Crippen LogP contribution in [0.25, 0.3) is 21.8 Å². The number of nitrogens with zero attached hydrogens (tertiary/aromatic N) is 2. The van der Waals surface area contributed by atoms with Gasteiger partial charge in [0, 0.05) is 46.9 Å². The molecule has 2 aliphatic heterocycles. The van der Waals surface area contributed by atoms with Gasteiger partial charge in [-0.1, -0.05) is 12.1 Å². The molecule has 0 saturated carbocycles. The summed E-state index contributed by atoms with van der Waals surface area (Å²) in [5, 5.41) is 38.9. The van der Waals surface area contributed by atoms with Crippen LogP contribution in [0.3, 0.4) is 0 Å². The first-order valence-electron chi connectivity index (χ1n) is 10.3. The van der Waals surface area contributed by atoms with Crippen LogP contribution in [0.2, 0.25) is 0 Å². The summed E-state index contributed by atoms with van der Waals surface area (Å²) in [4.78, 5) is 8.41. The summed E-state index contributed by atoms with van der Waals surface area (Å²) < 4.78 is 11.1. The van der Waals surface area contributed by atoms with Crippen LogP contribution in [-0.4, -0.2) is 57.5 Å². The van der Waals surface area contributed by atoms with Crippen LogP contribution in [0.15, 0.2) is 48.8 Å². The van der Waals surface area contributed by atoms with Crippen molar-refractivity contribution in [2.75, 3.05) is 13.2 Å². The Hall–Kier alpha value is -2.88. The first-order valence-corrected chi connectivity index (χ1v) is 10.3. The van der Waals surface area contributed by atoms with E-state index in [1.54, 1.807) is 36.7 Å². The van der Waals surface area contributed by atoms with Crippen LogP contribution in [0.5, 0.6) is 11.5 Å². The zero-order valence-electron chi connectivity index (χ0n) is 17.5. The standard InChI is InChI=1S/2C11H10BNO3.ClH/c2*14-12(15)8-1-2-9-10-7(4-6-16-9)3-5-13-11(8)10;/h2*1-3,5,14-15H,4,6H2;1H. The number of rotatable bonds is 2. The van der Waals surface area contributed by atoms with Gasteiger partial charge in [-0.15, -0.1) is 12.4 Å². The smallest absolute Gasteiger partial charge is 0.490 e. The molecule has 6 rings (SSSR count). The number of halogens is 1. The lowest BCUT2D eigenvalue weighted by molar-refractivity contribution is 0.318. The van der Waals surface area contributed by atoms with Crippen LogP contribution in [0.1, 0.15) is 11.1 Å². The molecule has 2 aromatic carbocycles. The average Bonchev–Trinajstić information content (AvgIpc) is 2.80. The van der Waals surface area contributed by atoms with Crippen LogP contribution in [0, 0.1) is 0 Å². The van der Waals surface area contributed by atoms with Gasteiger partial charge in [0.1, 0.15) is 11.5 Å². The molecule has 0 radical (unpaired) electrons. The van der Waals surface area contributed by atoms with Crippen molar-refractivity contribution >= 4 is 59.4 Å². The van der Waals surface area contributed by atoms with E-state index in [0.717, 1.165) is 46.2 Å². The molecule has 168 valence electrons. The molecule has 33 heavy (non-hydrogen) atoms. The van der Waals surface area contributed by atoms with Gasteiger partial charge in [-0.3, -0.25) is 9.97 Å². The number of ether oxygens (including phenoxy) is 2. The molecule has 4 N–H and O–H groups in total. The predicted molar refractivity (Wildman–Crippen MR) is 129 cm³/mol. The Balaban J connectivity index is 0.000000152. The SMILES string of the molecule is Cl.OB(O)c1ccc2c3c(ccnc13)CCO2.OB(O)c1ccc2c3c(ccnc13)CCO2. The third-order valence-electron chi connectivity index (χ3n) is 5.76. The Kier molecular flexibility index (Phi) is 6.73. The summed E-state index contributed by atoms with van der Waals surface area (Å²) in [6.07, 6.45) is 5.05. The number of aromatic nitrogens is 2. The molecule has 8 nitrogen and oxygen atoms in total. The number of pyridine rings is 2. The summed E-state index contributed by atoms with van der Waals surface area (Å²) >= 11 is 0. The van der Waals surface area contributed by atoms with Crippen molar-refractivity contribution in [1.82, 2.24) is 9.97 Å². The maximum atomic E-state index is 9.27. The van der Waals surface area contributed by atoms with E-state index in [-0.39, 0.29) is 12.4 Å². The highest BCUT2D eigenvalue weighted by molar-refractivity contribution is 6.62. The number of hydrogen-bond acceptors (Lipinski definition) is 8. The minimum Gasteiger partial charge on any atom is -0.493 e. The highest BCUT2D eigenvalue weighted by Crippen LogP contribution is 2.31. The van der Waals surface area contributed by atoms with Crippen molar-refractivity contribution < 1.29 is 29.6 Å². The first kappa shape index (κ1) is 23.3. The fraction of sp³-hybridized carbons (Fsp3) is 0.182. The van der Waals surface area contributed by atoms with E-state index >= 15 is 0 Å². The molecule has 2 aliphatic rings. The molecule has 0 saturated heterocycles. The van der Waals surface area contributed by atoms with E-state index in [2.05, 4.69) is 9.97 Å². The van der Waals surface area contributed by atoms with Gasteiger partial charge in [0.15, 0.2) is 0 Å². The lowest BCUT2D eigenvalue weighted by Gasteiger charge is -2.19. The quantitative estimate of drug-likeness (QED) is 0.307. The second kappa shape index (κ2) is 9.54. The van der Waals surface area contributed by atoms with Crippen molar-refractivity contribution in [2.24, 2.45) is 0 Å². The van der Waals surface area contributed by atoms with Crippen molar-refractivity contribution in [2.45, 2.75) is 12.8 Å². The first-order chi connectivity index (χ1) is 15.5. The van der Waals surface area contributed by atoms with Gasteiger partial charge < -0.3 is 29.6 Å². The minimum atomic E-state index is -1.50. The summed E-state index contributed by atoms with van der Waals surface area (Å²) in [5.74, 6) is 1.54. The van der Waals surface area contributed by atoms with Gasteiger partial charge in [-0.05, 0) is 35.4 Å². The normalized spacial score (nSPS) is 13.2. The molecule has 4 heterocycles. The fourth-order valence-corrected chi connectivity index (χ4v) is 4.26. The molecule has 0 spiro atoms. The maximum Gasteiger partial charge on any atom is 0.490 e. The fourth-order valence-electron chi connectivity index (χ4n) is 4.26. The van der Waals surface area contributed by atoms with Gasteiger partial charge in [0.05, 0.1) is 24.2 Å². The van der Waals surface area contributed by atoms with E-state index in [1.807, 2.05) is 12.1 Å². The predicted octanol–water partition coefficient (Wildman–Crippen LogP) is 0.121. The molecular weight excluding hydrogens is 445 g/mol. The van der Waals surface area contributed by atoms with E-state index < -0.39 is 14.2 Å². The minimum absolute atomic E-state index is 0. The van der Waals surface area contributed by atoms with Gasteiger partial charge >= 0.3 is 14.2 Å². The van der Waals surface area contributed by atoms with Crippen molar-refractivity contribution in [1.29, 1.82) is 0 Å². The molecule has 0 fully saturated rings. The number of hydrogen-bond donors (Lipinski definition) is 4. The van der Waals surface area contributed by atoms with Crippen LogP contribution < -0.4 is 20.4 Å². The van der Waals surface area contributed by atoms with E-state index in [0.29, 0.717) is 35.2 Å². The molecule has 0 bridgehead atoms. The van der Waals surface area contributed by atoms with Crippen molar-refractivity contribution in [3.05, 3.63) is 59.9 Å². The summed E-state index contributed by atoms with van der Waals surface area (Å²) in [5.41, 5.74) is 4.37. The molecule has 0 unspecified atom stereocenters. The molecule has 0 amide bonds. The van der Waals surface area contributed by atoms with Gasteiger partial charge in [0.2, 0.25) is 0 Å². The lowest BCUT2D eigenvalue weighted by Crippen LogP contribution is -2.31. The monoisotopic (exact) mass is 466 g/mol. The van der Waals surface area contributed by atoms with E-state index in [4.69, 9.17) is 9.47 Å². The topological polar surface area (TPSA) is 125 Å². The van der Waals surface area contributed by atoms with Crippen LogP contribution >= 0.6 is 12.4 Å². The lowest BCUT2D eigenvalue weighted by atomic mass is 9.78. The summed E-state index contributed by atoms with van der Waals surface area (Å²) in [6, 6.07) is 10.7. The highest BCUT2D eigenvalue weighted by atomic mass is 35.5. The zero-order valence-corrected chi connectivity index (χ0v) is 18.3. The van der Waals surface area contributed by atoms with E-state index in [9.17, 15) is 20.1 Å². The Morgan fingerprint density at radius 2 is 1.06 bits per heavy atom. The van der Waals surface area contributed by atoms with Crippen molar-refractivity contribution in [3.8, 4) is 11.5 Å². The Bertz CT molecular complexity index is 1200. The Labute approximate surface area is 196 Å². The summed E-state index contributed by atoms with van der Waals surface area (Å²) in [7, 11) is -3.00. The molecule has 4 aromatic rings. The molecule has 11 heteroatoms. The third kappa shape index (κ3) is 4.23. The van der Waals surface area contributed by atoms with Crippen molar-refractivity contribution in [3.63, 3.8) is 0 Å². The van der Waals surface area contributed by atoms with Crippen LogP contribution in [-0.2, 0) is 12.8 Å². The van der Waals surface area contributed by atoms with Gasteiger partial charge in [-0.25, -0.2) is 0 Å². The highest BCUT2D eigenvalue weighted by Gasteiger charge is 2.22. The largest absolute Gasteiger partial charge is 0.493 e. The zero-order chi connectivity index (χ0) is 22.2. The Morgan fingerprint density at radius 1 is 0.636 bits per heavy atom. The molecule has 0 aliphatic carbocycles.